The van der Waals surface area contributed by atoms with Crippen LogP contribution in [-0.2, 0) is 0 Å². The van der Waals surface area contributed by atoms with Crippen LogP contribution >= 0.6 is 11.6 Å². The van der Waals surface area contributed by atoms with Crippen molar-refractivity contribution in [3.8, 4) is 5.69 Å². The Morgan fingerprint density at radius 2 is 1.85 bits per heavy atom. The van der Waals surface area contributed by atoms with Crippen molar-refractivity contribution in [3.63, 3.8) is 0 Å². The SMILES string of the molecule is Cc1nn(-c2cncnc2)c(C)c1C(=O)N1CC2CN(CC[C@H](N)c3cccc(Cl)c3)CC2C1. The Bertz CT molecular complexity index is 1170. The van der Waals surface area contributed by atoms with Gasteiger partial charge in [-0.05, 0) is 56.3 Å². The van der Waals surface area contributed by atoms with Crippen LogP contribution < -0.4 is 5.73 Å². The van der Waals surface area contributed by atoms with Gasteiger partial charge in [0.15, 0.2) is 0 Å². The lowest BCUT2D eigenvalue weighted by Gasteiger charge is -2.23. The Kier molecular flexibility index (Phi) is 6.38. The molecule has 2 aromatic heterocycles. The number of aryl methyl sites for hydroxylation is 1. The number of aromatic nitrogens is 4. The molecule has 0 saturated carbocycles. The van der Waals surface area contributed by atoms with Gasteiger partial charge in [0, 0.05) is 37.2 Å². The highest BCUT2D eigenvalue weighted by molar-refractivity contribution is 6.30. The monoisotopic (exact) mass is 479 g/mol. The molecule has 0 bridgehead atoms. The molecule has 1 aromatic carbocycles. The van der Waals surface area contributed by atoms with Crippen LogP contribution in [0.1, 0.15) is 39.8 Å². The zero-order valence-corrected chi connectivity index (χ0v) is 20.3. The van der Waals surface area contributed by atoms with E-state index in [1.807, 2.05) is 43.0 Å². The van der Waals surface area contributed by atoms with Gasteiger partial charge >= 0.3 is 0 Å². The number of carbonyl (C=O) groups excluding carboxylic acids is 1. The van der Waals surface area contributed by atoms with E-state index in [0.717, 1.165) is 66.8 Å². The number of hydrogen-bond donors (Lipinski definition) is 1. The molecule has 3 atom stereocenters. The molecule has 3 aromatic rings. The number of halogens is 1. The predicted octanol–water partition coefficient (Wildman–Crippen LogP) is 3.03. The van der Waals surface area contributed by atoms with Crippen molar-refractivity contribution in [2.75, 3.05) is 32.7 Å². The lowest BCUT2D eigenvalue weighted by atomic mass is 10.0. The molecular formula is C25H30ClN7O. The van der Waals surface area contributed by atoms with Crippen LogP contribution in [0.3, 0.4) is 0 Å². The van der Waals surface area contributed by atoms with E-state index in [0.29, 0.717) is 17.4 Å². The van der Waals surface area contributed by atoms with Crippen molar-refractivity contribution in [1.29, 1.82) is 0 Å². The number of carbonyl (C=O) groups is 1. The van der Waals surface area contributed by atoms with Crippen molar-refractivity contribution in [2.24, 2.45) is 17.6 Å². The molecular weight excluding hydrogens is 450 g/mol. The Labute approximate surface area is 204 Å². The number of nitrogens with two attached hydrogens (primary N) is 1. The molecule has 2 saturated heterocycles. The molecule has 9 heteroatoms. The van der Waals surface area contributed by atoms with Gasteiger partial charge < -0.3 is 15.5 Å². The fourth-order valence-electron chi connectivity index (χ4n) is 5.43. The summed E-state index contributed by atoms with van der Waals surface area (Å²) in [5.74, 6) is 1.08. The molecule has 178 valence electrons. The second-order valence-electron chi connectivity index (χ2n) is 9.49. The van der Waals surface area contributed by atoms with E-state index in [9.17, 15) is 4.79 Å². The van der Waals surface area contributed by atoms with E-state index in [1.165, 1.54) is 6.33 Å². The van der Waals surface area contributed by atoms with Crippen LogP contribution in [-0.4, -0.2) is 68.2 Å². The smallest absolute Gasteiger partial charge is 0.257 e. The second kappa shape index (κ2) is 9.44. The molecule has 0 spiro atoms. The van der Waals surface area contributed by atoms with Gasteiger partial charge in [-0.3, -0.25) is 4.79 Å². The largest absolute Gasteiger partial charge is 0.338 e. The number of benzene rings is 1. The van der Waals surface area contributed by atoms with Gasteiger partial charge in [-0.2, -0.15) is 5.10 Å². The first-order chi connectivity index (χ1) is 16.4. The summed E-state index contributed by atoms with van der Waals surface area (Å²) < 4.78 is 1.75. The van der Waals surface area contributed by atoms with Gasteiger partial charge in [-0.1, -0.05) is 23.7 Å². The highest BCUT2D eigenvalue weighted by Crippen LogP contribution is 2.33. The third kappa shape index (κ3) is 4.45. The summed E-state index contributed by atoms with van der Waals surface area (Å²) in [6.07, 6.45) is 5.78. The van der Waals surface area contributed by atoms with E-state index in [4.69, 9.17) is 17.3 Å². The van der Waals surface area contributed by atoms with Gasteiger partial charge in [0.25, 0.3) is 5.91 Å². The summed E-state index contributed by atoms with van der Waals surface area (Å²) >= 11 is 6.11. The minimum Gasteiger partial charge on any atom is -0.338 e. The highest BCUT2D eigenvalue weighted by Gasteiger charge is 2.42. The van der Waals surface area contributed by atoms with Crippen LogP contribution in [0.15, 0.2) is 43.0 Å². The lowest BCUT2D eigenvalue weighted by molar-refractivity contribution is 0.0772. The van der Waals surface area contributed by atoms with Crippen molar-refractivity contribution in [1.82, 2.24) is 29.5 Å². The van der Waals surface area contributed by atoms with Crippen LogP contribution in [0.2, 0.25) is 5.02 Å². The Hall–Kier alpha value is -2.81. The molecule has 2 aliphatic heterocycles. The maximum Gasteiger partial charge on any atom is 0.257 e. The Morgan fingerprint density at radius 3 is 2.53 bits per heavy atom. The predicted molar refractivity (Wildman–Crippen MR) is 131 cm³/mol. The summed E-state index contributed by atoms with van der Waals surface area (Å²) in [5, 5.41) is 5.31. The van der Waals surface area contributed by atoms with Crippen molar-refractivity contribution >= 4 is 17.5 Å². The molecule has 2 N–H and O–H groups in total. The van der Waals surface area contributed by atoms with Crippen molar-refractivity contribution in [2.45, 2.75) is 26.3 Å². The molecule has 2 aliphatic rings. The quantitative estimate of drug-likeness (QED) is 0.584. The molecule has 2 fully saturated rings. The van der Waals surface area contributed by atoms with Crippen molar-refractivity contribution < 1.29 is 4.79 Å². The maximum absolute atomic E-state index is 13.4. The van der Waals surface area contributed by atoms with E-state index in [2.05, 4.69) is 20.0 Å². The van der Waals surface area contributed by atoms with Gasteiger partial charge in [0.1, 0.15) is 12.0 Å². The number of likely N-dealkylation sites (tertiary alicyclic amines) is 2. The average molecular weight is 480 g/mol. The zero-order valence-electron chi connectivity index (χ0n) is 19.6. The number of nitrogens with zero attached hydrogens (tertiary/aromatic N) is 6. The molecule has 34 heavy (non-hydrogen) atoms. The van der Waals surface area contributed by atoms with Crippen LogP contribution in [0.4, 0.5) is 0 Å². The van der Waals surface area contributed by atoms with E-state index >= 15 is 0 Å². The minimum absolute atomic E-state index is 0.0188. The van der Waals surface area contributed by atoms with Crippen LogP contribution in [0, 0.1) is 25.7 Å². The molecule has 4 heterocycles. The van der Waals surface area contributed by atoms with E-state index in [-0.39, 0.29) is 11.9 Å². The highest BCUT2D eigenvalue weighted by atomic mass is 35.5. The Balaban J connectivity index is 1.19. The van der Waals surface area contributed by atoms with Crippen LogP contribution in [0.25, 0.3) is 5.69 Å². The molecule has 2 unspecified atom stereocenters. The summed E-state index contributed by atoms with van der Waals surface area (Å²) in [6.45, 7) is 8.38. The third-order valence-electron chi connectivity index (χ3n) is 7.18. The van der Waals surface area contributed by atoms with Gasteiger partial charge in [0.2, 0.25) is 0 Å². The Morgan fingerprint density at radius 1 is 1.15 bits per heavy atom. The topological polar surface area (TPSA) is 93.2 Å². The van der Waals surface area contributed by atoms with E-state index < -0.39 is 0 Å². The standard InChI is InChI=1S/C25H30ClN7O/c1-16-24(17(2)33(30-16)22-9-28-15-29-10-22)25(34)32-13-19-11-31(12-20(19)14-32)7-6-23(27)18-4-3-5-21(26)8-18/h3-5,8-10,15,19-20,23H,6-7,11-14,27H2,1-2H3/t19?,20?,23-/m0/s1. The molecule has 0 aliphatic carbocycles. The van der Waals surface area contributed by atoms with Crippen LogP contribution in [0.5, 0.6) is 0 Å². The fraction of sp³-hybridized carbons (Fsp3) is 0.440. The van der Waals surface area contributed by atoms with Crippen molar-refractivity contribution in [3.05, 3.63) is 70.5 Å². The summed E-state index contributed by atoms with van der Waals surface area (Å²) in [7, 11) is 0. The number of rotatable bonds is 6. The summed E-state index contributed by atoms with van der Waals surface area (Å²) in [4.78, 5) is 26.1. The zero-order chi connectivity index (χ0) is 23.8. The summed E-state index contributed by atoms with van der Waals surface area (Å²) in [6, 6.07) is 7.79. The first-order valence-electron chi connectivity index (χ1n) is 11.7. The third-order valence-corrected chi connectivity index (χ3v) is 7.41. The molecule has 8 nitrogen and oxygen atoms in total. The number of amides is 1. The molecule has 0 radical (unpaired) electrons. The maximum atomic E-state index is 13.4. The normalized spacial score (nSPS) is 21.1. The van der Waals surface area contributed by atoms with Gasteiger partial charge in [-0.25, -0.2) is 14.6 Å². The summed E-state index contributed by atoms with van der Waals surface area (Å²) in [5.41, 5.74) is 10.5. The lowest BCUT2D eigenvalue weighted by Crippen LogP contribution is -2.34. The molecule has 5 rings (SSSR count). The number of fused-ring (bicyclic) bond motifs is 1. The first-order valence-corrected chi connectivity index (χ1v) is 12.1. The van der Waals surface area contributed by atoms with Gasteiger partial charge in [0.05, 0.1) is 29.3 Å². The fourth-order valence-corrected chi connectivity index (χ4v) is 5.63. The minimum atomic E-state index is -0.0188. The van der Waals surface area contributed by atoms with E-state index in [1.54, 1.807) is 17.1 Å². The number of hydrogen-bond acceptors (Lipinski definition) is 6. The molecule has 1 amide bonds. The first kappa shape index (κ1) is 23.0. The van der Waals surface area contributed by atoms with Gasteiger partial charge in [-0.15, -0.1) is 0 Å². The second-order valence-corrected chi connectivity index (χ2v) is 9.93. The average Bonchev–Trinajstić information content (AvgIpc) is 3.49.